The standard InChI is InChI=1S/C30H36N8O4/c1-7-8-16-37-24-25(34-27(37)32-20-12-11-15-36(17-20)29(41)42-30(3,4)5)35(6)28(40)38(26(24)39)18-23-31-19(2)21-13-9-10-14-22(21)33-23/h9-10,13-14,20H,11-12,15-18H2,1-6H3,(H,32,34)/t20-/m1/s1. The van der Waals surface area contributed by atoms with E-state index in [0.29, 0.717) is 24.9 Å². The molecule has 1 aliphatic rings. The summed E-state index contributed by atoms with van der Waals surface area (Å²) in [6.45, 7) is 10.2. The van der Waals surface area contributed by atoms with E-state index in [9.17, 15) is 14.4 Å². The second-order valence-electron chi connectivity index (χ2n) is 11.5. The SMILES string of the molecule is CC#CCn1c(N[C@@H]2CCCN(C(=O)OC(C)(C)C)C2)nc2c1c(=O)n(Cc1nc(C)c3ccccc3n1)c(=O)n2C. The minimum atomic E-state index is -0.592. The highest BCUT2D eigenvalue weighted by atomic mass is 16.6. The Labute approximate surface area is 243 Å². The number of imidazole rings is 1. The number of hydrogen-bond donors (Lipinski definition) is 1. The van der Waals surface area contributed by atoms with Gasteiger partial charge in [-0.05, 0) is 53.5 Å². The maximum absolute atomic E-state index is 13.9. The van der Waals surface area contributed by atoms with E-state index in [0.717, 1.165) is 34.0 Å². The van der Waals surface area contributed by atoms with Crippen molar-refractivity contribution >= 4 is 34.1 Å². The van der Waals surface area contributed by atoms with Crippen molar-refractivity contribution in [2.75, 3.05) is 18.4 Å². The van der Waals surface area contributed by atoms with Crippen molar-refractivity contribution in [3.05, 3.63) is 56.6 Å². The molecule has 0 radical (unpaired) electrons. The fourth-order valence-electron chi connectivity index (χ4n) is 5.21. The van der Waals surface area contributed by atoms with Crippen molar-refractivity contribution in [1.82, 2.24) is 33.6 Å². The lowest BCUT2D eigenvalue weighted by molar-refractivity contribution is 0.0206. The van der Waals surface area contributed by atoms with Gasteiger partial charge < -0.3 is 15.0 Å². The van der Waals surface area contributed by atoms with Gasteiger partial charge in [-0.15, -0.1) is 5.92 Å². The Kier molecular flexibility index (Phi) is 7.77. The molecule has 0 aliphatic carbocycles. The highest BCUT2D eigenvalue weighted by Crippen LogP contribution is 2.21. The predicted molar refractivity (Wildman–Crippen MR) is 161 cm³/mol. The minimum Gasteiger partial charge on any atom is -0.444 e. The summed E-state index contributed by atoms with van der Waals surface area (Å²) >= 11 is 0. The number of aryl methyl sites for hydroxylation is 2. The maximum Gasteiger partial charge on any atom is 0.410 e. The number of carbonyl (C=O) groups is 1. The fourth-order valence-corrected chi connectivity index (χ4v) is 5.21. The van der Waals surface area contributed by atoms with Gasteiger partial charge in [0, 0.05) is 37.3 Å². The lowest BCUT2D eigenvalue weighted by Gasteiger charge is -2.34. The summed E-state index contributed by atoms with van der Waals surface area (Å²) in [7, 11) is 1.59. The Hall–Kier alpha value is -4.66. The normalized spacial score (nSPS) is 15.5. The molecule has 1 amide bonds. The number of para-hydroxylation sites is 1. The van der Waals surface area contributed by atoms with Crippen LogP contribution in [0.15, 0.2) is 33.9 Å². The second-order valence-corrected chi connectivity index (χ2v) is 11.5. The first-order valence-corrected chi connectivity index (χ1v) is 14.0. The summed E-state index contributed by atoms with van der Waals surface area (Å²) in [5, 5.41) is 4.33. The van der Waals surface area contributed by atoms with E-state index in [1.807, 2.05) is 52.0 Å². The lowest BCUT2D eigenvalue weighted by Crippen LogP contribution is -2.47. The predicted octanol–water partition coefficient (Wildman–Crippen LogP) is 3.03. The number of rotatable bonds is 5. The molecule has 1 fully saturated rings. The van der Waals surface area contributed by atoms with Crippen molar-refractivity contribution in [3.63, 3.8) is 0 Å². The van der Waals surface area contributed by atoms with E-state index in [-0.39, 0.29) is 36.4 Å². The van der Waals surface area contributed by atoms with Crippen LogP contribution in [0.5, 0.6) is 0 Å². The molecule has 1 N–H and O–H groups in total. The number of benzene rings is 1. The smallest absolute Gasteiger partial charge is 0.410 e. The topological polar surface area (TPSA) is 129 Å². The average Bonchev–Trinajstić information content (AvgIpc) is 3.30. The van der Waals surface area contributed by atoms with E-state index in [2.05, 4.69) is 32.1 Å². The molecule has 4 heterocycles. The molecule has 0 saturated carbocycles. The van der Waals surface area contributed by atoms with E-state index < -0.39 is 16.9 Å². The largest absolute Gasteiger partial charge is 0.444 e. The number of amides is 1. The number of carbonyl (C=O) groups excluding carboxylic acids is 1. The third-order valence-electron chi connectivity index (χ3n) is 7.19. The van der Waals surface area contributed by atoms with Gasteiger partial charge in [0.2, 0.25) is 5.95 Å². The molecule has 5 rings (SSSR count). The first kappa shape index (κ1) is 28.9. The minimum absolute atomic E-state index is 0.0893. The molecule has 3 aromatic heterocycles. The number of anilines is 1. The summed E-state index contributed by atoms with van der Waals surface area (Å²) in [6.07, 6.45) is 1.21. The molecule has 1 aromatic carbocycles. The van der Waals surface area contributed by atoms with Crippen molar-refractivity contribution in [1.29, 1.82) is 0 Å². The van der Waals surface area contributed by atoms with E-state index >= 15 is 0 Å². The van der Waals surface area contributed by atoms with Crippen LogP contribution >= 0.6 is 0 Å². The summed E-state index contributed by atoms with van der Waals surface area (Å²) in [5.41, 5.74) is 0.397. The monoisotopic (exact) mass is 572 g/mol. The molecule has 0 bridgehead atoms. The van der Waals surface area contributed by atoms with Crippen LogP contribution < -0.4 is 16.6 Å². The third-order valence-corrected chi connectivity index (χ3v) is 7.19. The van der Waals surface area contributed by atoms with Crippen LogP contribution in [0.4, 0.5) is 10.7 Å². The molecule has 0 unspecified atom stereocenters. The van der Waals surface area contributed by atoms with Gasteiger partial charge in [0.1, 0.15) is 11.4 Å². The summed E-state index contributed by atoms with van der Waals surface area (Å²) < 4.78 is 9.76. The van der Waals surface area contributed by atoms with Gasteiger partial charge >= 0.3 is 11.8 Å². The lowest BCUT2D eigenvalue weighted by atomic mass is 10.1. The first-order chi connectivity index (χ1) is 20.0. The summed E-state index contributed by atoms with van der Waals surface area (Å²) in [4.78, 5) is 55.6. The second kappa shape index (κ2) is 11.3. The Morgan fingerprint density at radius 2 is 1.90 bits per heavy atom. The number of piperidine rings is 1. The first-order valence-electron chi connectivity index (χ1n) is 14.0. The van der Waals surface area contributed by atoms with Crippen LogP contribution in [0.25, 0.3) is 22.1 Å². The highest BCUT2D eigenvalue weighted by molar-refractivity contribution is 5.80. The van der Waals surface area contributed by atoms with Crippen molar-refractivity contribution in [3.8, 4) is 11.8 Å². The quantitative estimate of drug-likeness (QED) is 0.362. The van der Waals surface area contributed by atoms with Gasteiger partial charge in [0.05, 0.1) is 18.6 Å². The Balaban J connectivity index is 1.53. The molecule has 220 valence electrons. The fraction of sp³-hybridized carbons (Fsp3) is 0.467. The zero-order valence-electron chi connectivity index (χ0n) is 24.9. The summed E-state index contributed by atoms with van der Waals surface area (Å²) in [6, 6.07) is 7.48. The average molecular weight is 573 g/mol. The summed E-state index contributed by atoms with van der Waals surface area (Å²) in [5.74, 6) is 6.67. The molecule has 1 atom stereocenters. The maximum atomic E-state index is 13.9. The van der Waals surface area contributed by atoms with Gasteiger partial charge in [-0.2, -0.15) is 4.98 Å². The van der Waals surface area contributed by atoms with Crippen molar-refractivity contribution in [2.45, 2.75) is 72.2 Å². The Morgan fingerprint density at radius 3 is 2.64 bits per heavy atom. The number of hydrogen-bond acceptors (Lipinski definition) is 8. The molecular weight excluding hydrogens is 536 g/mol. The molecule has 4 aromatic rings. The number of fused-ring (bicyclic) bond motifs is 2. The molecule has 1 saturated heterocycles. The number of ether oxygens (including phenoxy) is 1. The molecule has 12 nitrogen and oxygen atoms in total. The van der Waals surface area contributed by atoms with Gasteiger partial charge in [0.15, 0.2) is 11.2 Å². The van der Waals surface area contributed by atoms with Crippen LogP contribution in [0, 0.1) is 18.8 Å². The van der Waals surface area contributed by atoms with E-state index in [1.54, 1.807) is 23.4 Å². The van der Waals surface area contributed by atoms with Crippen LogP contribution in [-0.4, -0.2) is 64.4 Å². The molecule has 0 spiro atoms. The van der Waals surface area contributed by atoms with Crippen molar-refractivity contribution < 1.29 is 9.53 Å². The van der Waals surface area contributed by atoms with E-state index in [4.69, 9.17) is 4.74 Å². The third kappa shape index (κ3) is 5.72. The zero-order valence-corrected chi connectivity index (χ0v) is 24.9. The molecule has 1 aliphatic heterocycles. The zero-order chi connectivity index (χ0) is 30.2. The highest BCUT2D eigenvalue weighted by Gasteiger charge is 2.29. The van der Waals surface area contributed by atoms with Gasteiger partial charge in [-0.1, -0.05) is 24.1 Å². The van der Waals surface area contributed by atoms with Crippen LogP contribution in [0.1, 0.15) is 52.1 Å². The molecular formula is C30H36N8O4. The molecule has 12 heteroatoms. The van der Waals surface area contributed by atoms with Crippen LogP contribution in [-0.2, 0) is 24.9 Å². The number of likely N-dealkylation sites (tertiary alicyclic amines) is 1. The Bertz CT molecular complexity index is 1850. The van der Waals surface area contributed by atoms with Crippen molar-refractivity contribution in [2.24, 2.45) is 7.05 Å². The van der Waals surface area contributed by atoms with Crippen LogP contribution in [0.2, 0.25) is 0 Å². The van der Waals surface area contributed by atoms with Crippen LogP contribution in [0.3, 0.4) is 0 Å². The van der Waals surface area contributed by atoms with Gasteiger partial charge in [0.25, 0.3) is 5.56 Å². The van der Waals surface area contributed by atoms with Gasteiger partial charge in [-0.25, -0.2) is 19.6 Å². The number of nitrogens with zero attached hydrogens (tertiary/aromatic N) is 7. The van der Waals surface area contributed by atoms with E-state index in [1.165, 1.54) is 4.57 Å². The van der Waals surface area contributed by atoms with Gasteiger partial charge in [-0.3, -0.25) is 18.5 Å². The molecule has 42 heavy (non-hydrogen) atoms. The Morgan fingerprint density at radius 1 is 1.14 bits per heavy atom. The number of aromatic nitrogens is 6. The number of nitrogens with one attached hydrogen (secondary N) is 1.